The molecule has 2 fully saturated rings. The number of aromatic nitrogens is 1. The van der Waals surface area contributed by atoms with Gasteiger partial charge in [0.1, 0.15) is 0 Å². The van der Waals surface area contributed by atoms with E-state index in [1.165, 1.54) is 5.75 Å². The fraction of sp³-hybridized carbons (Fsp3) is 0.647. The zero-order valence-corrected chi connectivity index (χ0v) is 15.8. The minimum absolute atomic E-state index is 0.000104. The first kappa shape index (κ1) is 18.0. The largest absolute Gasteiger partial charge is 0.379 e. The maximum absolute atomic E-state index is 12.6. The summed E-state index contributed by atoms with van der Waals surface area (Å²) >= 11 is 3.64. The molecule has 0 saturated carbocycles. The molecule has 5 nitrogen and oxygen atoms in total. The number of rotatable bonds is 6. The van der Waals surface area contributed by atoms with E-state index in [4.69, 9.17) is 4.74 Å². The Hall–Kier alpha value is -0.760. The zero-order valence-electron chi connectivity index (χ0n) is 14.1. The highest BCUT2D eigenvalue weighted by Gasteiger charge is 2.40. The smallest absolute Gasteiger partial charge is 0.251 e. The quantitative estimate of drug-likeness (QED) is 0.778. The molecule has 0 aromatic carbocycles. The molecule has 2 aliphatic rings. The highest BCUT2D eigenvalue weighted by Crippen LogP contribution is 2.33. The molecule has 7 heteroatoms. The monoisotopic (exact) mass is 367 g/mol. The zero-order chi connectivity index (χ0) is 16.8. The number of hydrogen-bond donors (Lipinski definition) is 1. The lowest BCUT2D eigenvalue weighted by molar-refractivity contribution is -0.0129. The van der Waals surface area contributed by atoms with Crippen LogP contribution in [0.1, 0.15) is 23.7 Å². The minimum Gasteiger partial charge on any atom is -0.379 e. The standard InChI is InChI=1S/C17H25N3O2S2/c1-2-24-15-11-14(3-5-18-15)16(21)19-12-17(4-10-23-13-17)20-6-8-22-9-7-20/h3,5,11H,2,4,6-10,12-13H2,1H3,(H,19,21)/t17-/m1/s1. The number of ether oxygens (including phenoxy) is 1. The number of pyridine rings is 1. The van der Waals surface area contributed by atoms with Crippen LogP contribution in [0.15, 0.2) is 23.4 Å². The third-order valence-electron chi connectivity index (χ3n) is 4.63. The SMILES string of the molecule is CCSc1cc(C(=O)NC[C@]2(N3CCOCC3)CCSC2)ccn1. The molecular formula is C17H25N3O2S2. The van der Waals surface area contributed by atoms with E-state index in [9.17, 15) is 4.79 Å². The van der Waals surface area contributed by atoms with Gasteiger partial charge in [-0.25, -0.2) is 4.98 Å². The van der Waals surface area contributed by atoms with E-state index in [0.717, 1.165) is 49.3 Å². The summed E-state index contributed by atoms with van der Waals surface area (Å²) in [5.41, 5.74) is 0.779. The maximum atomic E-state index is 12.6. The number of nitrogens with zero attached hydrogens (tertiary/aromatic N) is 2. The lowest BCUT2D eigenvalue weighted by Crippen LogP contribution is -2.59. The summed E-state index contributed by atoms with van der Waals surface area (Å²) in [4.78, 5) is 19.4. The van der Waals surface area contributed by atoms with Crippen molar-refractivity contribution in [3.05, 3.63) is 23.9 Å². The summed E-state index contributed by atoms with van der Waals surface area (Å²) in [6, 6.07) is 3.67. The Balaban J connectivity index is 1.64. The first-order valence-electron chi connectivity index (χ1n) is 8.51. The molecule has 3 rings (SSSR count). The molecule has 1 atom stereocenters. The second-order valence-corrected chi connectivity index (χ2v) is 8.51. The predicted octanol–water partition coefficient (Wildman–Crippen LogP) is 2.13. The summed E-state index contributed by atoms with van der Waals surface area (Å²) in [6.07, 6.45) is 2.85. The van der Waals surface area contributed by atoms with Crippen molar-refractivity contribution in [2.75, 3.05) is 50.1 Å². The van der Waals surface area contributed by atoms with E-state index in [-0.39, 0.29) is 11.4 Å². The molecule has 0 spiro atoms. The van der Waals surface area contributed by atoms with Gasteiger partial charge in [-0.2, -0.15) is 11.8 Å². The Morgan fingerprint density at radius 3 is 3.04 bits per heavy atom. The average Bonchev–Trinajstić information content (AvgIpc) is 3.11. The molecule has 132 valence electrons. The van der Waals surface area contributed by atoms with E-state index in [1.807, 2.05) is 17.8 Å². The Kier molecular flexibility index (Phi) is 6.43. The van der Waals surface area contributed by atoms with Gasteiger partial charge in [-0.1, -0.05) is 6.92 Å². The fourth-order valence-electron chi connectivity index (χ4n) is 3.26. The predicted molar refractivity (Wildman–Crippen MR) is 100 cm³/mol. The number of morpholine rings is 1. The topological polar surface area (TPSA) is 54.5 Å². The van der Waals surface area contributed by atoms with Gasteiger partial charge in [0, 0.05) is 42.7 Å². The summed E-state index contributed by atoms with van der Waals surface area (Å²) in [6.45, 7) is 6.30. The van der Waals surface area contributed by atoms with E-state index < -0.39 is 0 Å². The lowest BCUT2D eigenvalue weighted by atomic mass is 9.95. The normalized spacial score (nSPS) is 24.9. The number of amides is 1. The van der Waals surface area contributed by atoms with Crippen molar-refractivity contribution < 1.29 is 9.53 Å². The molecule has 0 radical (unpaired) electrons. The van der Waals surface area contributed by atoms with Crippen LogP contribution in [0.25, 0.3) is 0 Å². The van der Waals surface area contributed by atoms with Crippen LogP contribution in [-0.2, 0) is 4.74 Å². The van der Waals surface area contributed by atoms with Crippen LogP contribution in [0.3, 0.4) is 0 Å². The first-order chi connectivity index (χ1) is 11.7. The number of thioether (sulfide) groups is 2. The van der Waals surface area contributed by atoms with E-state index in [2.05, 4.69) is 22.1 Å². The van der Waals surface area contributed by atoms with Gasteiger partial charge in [-0.3, -0.25) is 9.69 Å². The third kappa shape index (κ3) is 4.25. The lowest BCUT2D eigenvalue weighted by Gasteiger charge is -2.43. The third-order valence-corrected chi connectivity index (χ3v) is 6.67. The van der Waals surface area contributed by atoms with Crippen LogP contribution in [0, 0.1) is 0 Å². The number of carbonyl (C=O) groups excluding carboxylic acids is 1. The van der Waals surface area contributed by atoms with Crippen molar-refractivity contribution in [1.29, 1.82) is 0 Å². The van der Waals surface area contributed by atoms with Gasteiger partial charge in [-0.15, -0.1) is 11.8 Å². The fourth-order valence-corrected chi connectivity index (χ4v) is 5.38. The van der Waals surface area contributed by atoms with E-state index in [1.54, 1.807) is 24.0 Å². The van der Waals surface area contributed by atoms with Crippen LogP contribution in [0.2, 0.25) is 0 Å². The number of nitrogens with one attached hydrogen (secondary N) is 1. The Labute approximate surface area is 152 Å². The highest BCUT2D eigenvalue weighted by molar-refractivity contribution is 7.99. The second kappa shape index (κ2) is 8.56. The molecule has 3 heterocycles. The molecule has 1 aromatic rings. The Bertz CT molecular complexity index is 559. The van der Waals surface area contributed by atoms with Crippen molar-refractivity contribution in [2.45, 2.75) is 23.9 Å². The minimum atomic E-state index is -0.000104. The van der Waals surface area contributed by atoms with Crippen molar-refractivity contribution in [3.8, 4) is 0 Å². The van der Waals surface area contributed by atoms with Crippen molar-refractivity contribution in [3.63, 3.8) is 0 Å². The van der Waals surface area contributed by atoms with Crippen molar-refractivity contribution >= 4 is 29.4 Å². The molecule has 0 aliphatic carbocycles. The molecule has 1 N–H and O–H groups in total. The summed E-state index contributed by atoms with van der Waals surface area (Å²) < 4.78 is 5.49. The summed E-state index contributed by atoms with van der Waals surface area (Å²) in [5, 5.41) is 4.08. The van der Waals surface area contributed by atoms with Crippen LogP contribution in [0.4, 0.5) is 0 Å². The second-order valence-electron chi connectivity index (χ2n) is 6.12. The van der Waals surface area contributed by atoms with Crippen LogP contribution >= 0.6 is 23.5 Å². The summed E-state index contributed by atoms with van der Waals surface area (Å²) in [7, 11) is 0. The van der Waals surface area contributed by atoms with Gasteiger partial charge < -0.3 is 10.1 Å². The first-order valence-corrected chi connectivity index (χ1v) is 10.7. The van der Waals surface area contributed by atoms with Crippen LogP contribution < -0.4 is 5.32 Å². The van der Waals surface area contributed by atoms with Crippen molar-refractivity contribution in [1.82, 2.24) is 15.2 Å². The molecule has 2 saturated heterocycles. The molecule has 1 aromatic heterocycles. The maximum Gasteiger partial charge on any atom is 0.251 e. The van der Waals surface area contributed by atoms with E-state index >= 15 is 0 Å². The van der Waals surface area contributed by atoms with Gasteiger partial charge >= 0.3 is 0 Å². The molecule has 0 bridgehead atoms. The van der Waals surface area contributed by atoms with E-state index in [0.29, 0.717) is 12.1 Å². The van der Waals surface area contributed by atoms with Gasteiger partial charge in [0.05, 0.1) is 18.2 Å². The van der Waals surface area contributed by atoms with Gasteiger partial charge in [-0.05, 0) is 30.1 Å². The average molecular weight is 368 g/mol. The molecule has 1 amide bonds. The van der Waals surface area contributed by atoms with Gasteiger partial charge in [0.2, 0.25) is 0 Å². The molecule has 2 aliphatic heterocycles. The molecule has 24 heavy (non-hydrogen) atoms. The number of hydrogen-bond acceptors (Lipinski definition) is 6. The van der Waals surface area contributed by atoms with Crippen molar-refractivity contribution in [2.24, 2.45) is 0 Å². The van der Waals surface area contributed by atoms with Crippen LogP contribution in [0.5, 0.6) is 0 Å². The molecular weight excluding hydrogens is 342 g/mol. The number of carbonyl (C=O) groups is 1. The molecule has 0 unspecified atom stereocenters. The van der Waals surface area contributed by atoms with Gasteiger partial charge in [0.25, 0.3) is 5.91 Å². The Morgan fingerprint density at radius 2 is 2.33 bits per heavy atom. The Morgan fingerprint density at radius 1 is 1.50 bits per heavy atom. The summed E-state index contributed by atoms with van der Waals surface area (Å²) in [5.74, 6) is 3.20. The van der Waals surface area contributed by atoms with Crippen LogP contribution in [-0.4, -0.2) is 71.4 Å². The van der Waals surface area contributed by atoms with Gasteiger partial charge in [0.15, 0.2) is 0 Å². The highest BCUT2D eigenvalue weighted by atomic mass is 32.2.